The highest BCUT2D eigenvalue weighted by Gasteiger charge is 2.25. The van der Waals surface area contributed by atoms with E-state index in [4.69, 9.17) is 14.7 Å². The van der Waals surface area contributed by atoms with Crippen molar-refractivity contribution < 1.29 is 4.74 Å². The van der Waals surface area contributed by atoms with Crippen molar-refractivity contribution in [2.75, 3.05) is 4.90 Å². The van der Waals surface area contributed by atoms with E-state index in [1.54, 1.807) is 0 Å². The molecule has 4 heteroatoms. The number of benzene rings is 5. The third-order valence-electron chi connectivity index (χ3n) is 6.47. The summed E-state index contributed by atoms with van der Waals surface area (Å²) in [4.78, 5) is 12.1. The van der Waals surface area contributed by atoms with Crippen molar-refractivity contribution in [3.05, 3.63) is 127 Å². The van der Waals surface area contributed by atoms with Crippen LogP contribution in [0.5, 0.6) is 11.5 Å². The maximum Gasteiger partial charge on any atom is 0.160 e. The van der Waals surface area contributed by atoms with Gasteiger partial charge in [0.25, 0.3) is 0 Å². The molecule has 5 aromatic carbocycles. The zero-order valence-electron chi connectivity index (χ0n) is 19.4. The van der Waals surface area contributed by atoms with Gasteiger partial charge in [-0.25, -0.2) is 9.97 Å². The van der Waals surface area contributed by atoms with Gasteiger partial charge in [-0.05, 0) is 42.5 Å². The van der Waals surface area contributed by atoms with Crippen LogP contribution in [0.25, 0.3) is 33.5 Å². The molecule has 0 aliphatic carbocycles. The molecule has 0 saturated carbocycles. The normalized spacial score (nSPS) is 12.1. The van der Waals surface area contributed by atoms with E-state index in [9.17, 15) is 0 Å². The van der Waals surface area contributed by atoms with Gasteiger partial charge in [0.15, 0.2) is 17.3 Å². The number of nitrogens with zero attached hydrogens (tertiary/aromatic N) is 3. The van der Waals surface area contributed by atoms with E-state index in [0.717, 1.165) is 62.1 Å². The molecule has 0 bridgehead atoms. The third-order valence-corrected chi connectivity index (χ3v) is 6.47. The van der Waals surface area contributed by atoms with E-state index in [1.165, 1.54) is 0 Å². The molecule has 0 spiro atoms. The van der Waals surface area contributed by atoms with E-state index in [0.29, 0.717) is 0 Å². The van der Waals surface area contributed by atoms with E-state index < -0.39 is 0 Å². The lowest BCUT2D eigenvalue weighted by Crippen LogP contribution is -2.15. The molecule has 170 valence electrons. The Morgan fingerprint density at radius 3 is 1.83 bits per heavy atom. The van der Waals surface area contributed by atoms with Crippen molar-refractivity contribution in [2.45, 2.75) is 0 Å². The molecule has 1 aliphatic heterocycles. The second kappa shape index (κ2) is 8.36. The zero-order chi connectivity index (χ0) is 23.9. The molecular formula is C32H21N3O. The molecule has 0 fully saturated rings. The molecule has 0 amide bonds. The predicted molar refractivity (Wildman–Crippen MR) is 145 cm³/mol. The summed E-state index contributed by atoms with van der Waals surface area (Å²) in [5.41, 5.74) is 7.00. The smallest absolute Gasteiger partial charge is 0.160 e. The minimum Gasteiger partial charge on any atom is -0.453 e. The molecule has 6 aromatic rings. The lowest BCUT2D eigenvalue weighted by atomic mass is 10.0. The van der Waals surface area contributed by atoms with Gasteiger partial charge in [0, 0.05) is 22.2 Å². The Labute approximate surface area is 209 Å². The predicted octanol–water partition coefficient (Wildman–Crippen LogP) is 8.54. The summed E-state index contributed by atoms with van der Waals surface area (Å²) in [7, 11) is 0. The minimum atomic E-state index is 0.726. The molecular weight excluding hydrogens is 442 g/mol. The number of hydrogen-bond donors (Lipinski definition) is 0. The molecule has 0 saturated heterocycles. The summed E-state index contributed by atoms with van der Waals surface area (Å²) >= 11 is 0. The highest BCUT2D eigenvalue weighted by atomic mass is 16.5. The van der Waals surface area contributed by atoms with Crippen molar-refractivity contribution in [1.82, 2.24) is 9.97 Å². The van der Waals surface area contributed by atoms with Crippen LogP contribution in [0.1, 0.15) is 0 Å². The molecule has 7 rings (SSSR count). The average Bonchev–Trinajstić information content (AvgIpc) is 2.96. The Kier molecular flexibility index (Phi) is 4.74. The average molecular weight is 464 g/mol. The first kappa shape index (κ1) is 20.4. The monoisotopic (exact) mass is 463 g/mol. The fraction of sp³-hybridized carbons (Fsp3) is 0. The number of aromatic nitrogens is 2. The second-order valence-electron chi connectivity index (χ2n) is 8.70. The van der Waals surface area contributed by atoms with Gasteiger partial charge < -0.3 is 9.64 Å². The van der Waals surface area contributed by atoms with Crippen molar-refractivity contribution in [3.63, 3.8) is 0 Å². The Bertz CT molecular complexity index is 1670. The van der Waals surface area contributed by atoms with Crippen LogP contribution >= 0.6 is 0 Å². The Morgan fingerprint density at radius 2 is 1.11 bits per heavy atom. The number of hydrogen-bond acceptors (Lipinski definition) is 4. The van der Waals surface area contributed by atoms with Crippen molar-refractivity contribution in [2.24, 2.45) is 0 Å². The summed E-state index contributed by atoms with van der Waals surface area (Å²) in [6.07, 6.45) is 0. The summed E-state index contributed by atoms with van der Waals surface area (Å²) in [5.74, 6) is 2.41. The van der Waals surface area contributed by atoms with Crippen LogP contribution in [0.15, 0.2) is 127 Å². The van der Waals surface area contributed by atoms with Gasteiger partial charge in [0.2, 0.25) is 0 Å². The topological polar surface area (TPSA) is 38.2 Å². The molecule has 0 radical (unpaired) electrons. The summed E-state index contributed by atoms with van der Waals surface area (Å²) in [6, 6.07) is 43.1. The van der Waals surface area contributed by atoms with E-state index in [2.05, 4.69) is 47.4 Å². The highest BCUT2D eigenvalue weighted by molar-refractivity contribution is 5.94. The van der Waals surface area contributed by atoms with Gasteiger partial charge in [0.05, 0.1) is 22.6 Å². The minimum absolute atomic E-state index is 0.726. The maximum absolute atomic E-state index is 6.17. The second-order valence-corrected chi connectivity index (χ2v) is 8.70. The summed E-state index contributed by atoms with van der Waals surface area (Å²) < 4.78 is 6.17. The van der Waals surface area contributed by atoms with Gasteiger partial charge in [-0.2, -0.15) is 0 Å². The number of anilines is 3. The first-order valence-corrected chi connectivity index (χ1v) is 11.9. The third kappa shape index (κ3) is 3.39. The Balaban J connectivity index is 1.36. The highest BCUT2D eigenvalue weighted by Crippen LogP contribution is 2.50. The van der Waals surface area contributed by atoms with Crippen LogP contribution in [-0.2, 0) is 0 Å². The first-order valence-electron chi connectivity index (χ1n) is 11.9. The molecule has 4 nitrogen and oxygen atoms in total. The lowest BCUT2D eigenvalue weighted by Gasteiger charge is -2.32. The van der Waals surface area contributed by atoms with Gasteiger partial charge >= 0.3 is 0 Å². The summed E-state index contributed by atoms with van der Waals surface area (Å²) in [5, 5.41) is 1.03. The van der Waals surface area contributed by atoms with Crippen LogP contribution < -0.4 is 9.64 Å². The van der Waals surface area contributed by atoms with Crippen LogP contribution in [0.4, 0.5) is 17.1 Å². The Morgan fingerprint density at radius 1 is 0.500 bits per heavy atom. The van der Waals surface area contributed by atoms with E-state index in [1.807, 2.05) is 84.9 Å². The van der Waals surface area contributed by atoms with E-state index in [-0.39, 0.29) is 0 Å². The number of rotatable bonds is 3. The zero-order valence-corrected chi connectivity index (χ0v) is 19.4. The van der Waals surface area contributed by atoms with Crippen molar-refractivity contribution in [1.29, 1.82) is 0 Å². The molecule has 0 atom stereocenters. The number of fused-ring (bicyclic) bond motifs is 3. The summed E-state index contributed by atoms with van der Waals surface area (Å²) in [6.45, 7) is 0. The van der Waals surface area contributed by atoms with Crippen LogP contribution in [0, 0.1) is 0 Å². The largest absolute Gasteiger partial charge is 0.453 e. The van der Waals surface area contributed by atoms with Crippen LogP contribution in [0.2, 0.25) is 0 Å². The molecule has 36 heavy (non-hydrogen) atoms. The molecule has 2 heterocycles. The SMILES string of the molecule is c1ccc(-c2nc(-c3ccc(N4c5ccccc5Oc5ccccc54)cc3)c3ccccc3n2)cc1. The standard InChI is InChI=1S/C32H21N3O/c1-2-10-23(11-3-1)32-33-26-13-5-4-12-25(26)31(34-32)22-18-20-24(21-19-22)35-27-14-6-8-16-29(27)36-30-17-9-7-15-28(30)35/h1-21H. The van der Waals surface area contributed by atoms with Crippen LogP contribution in [-0.4, -0.2) is 9.97 Å². The quantitative estimate of drug-likeness (QED) is 0.263. The molecule has 0 N–H and O–H groups in total. The van der Waals surface area contributed by atoms with Gasteiger partial charge in [-0.3, -0.25) is 0 Å². The van der Waals surface area contributed by atoms with E-state index >= 15 is 0 Å². The fourth-order valence-electron chi connectivity index (χ4n) is 4.76. The number of para-hydroxylation sites is 5. The molecule has 0 unspecified atom stereocenters. The molecule has 1 aliphatic rings. The van der Waals surface area contributed by atoms with Crippen LogP contribution in [0.3, 0.4) is 0 Å². The first-order chi connectivity index (χ1) is 17.8. The van der Waals surface area contributed by atoms with Crippen molar-refractivity contribution in [3.8, 4) is 34.1 Å². The Hall–Kier alpha value is -4.96. The van der Waals surface area contributed by atoms with Gasteiger partial charge in [-0.1, -0.05) is 84.9 Å². The number of ether oxygens (including phenoxy) is 1. The maximum atomic E-state index is 6.17. The van der Waals surface area contributed by atoms with Crippen molar-refractivity contribution >= 4 is 28.0 Å². The molecule has 1 aromatic heterocycles. The fourth-order valence-corrected chi connectivity index (χ4v) is 4.76. The van der Waals surface area contributed by atoms with Gasteiger partial charge in [-0.15, -0.1) is 0 Å². The lowest BCUT2D eigenvalue weighted by molar-refractivity contribution is 0.477. The van der Waals surface area contributed by atoms with Gasteiger partial charge in [0.1, 0.15) is 0 Å².